The standard InChI is InChI=1S/C18H25NO3/c1-12(11-20)13(2)19-18(22)9-8-17(21)16-7-6-14-4-3-5-15(14)10-16/h6-7,10,12-13,20H,3-5,8-9,11H2,1-2H3,(H,19,22). The summed E-state index contributed by atoms with van der Waals surface area (Å²) in [6.07, 6.45) is 3.74. The van der Waals surface area contributed by atoms with Crippen molar-refractivity contribution in [2.75, 3.05) is 6.61 Å². The van der Waals surface area contributed by atoms with Crippen LogP contribution in [0.5, 0.6) is 0 Å². The number of amides is 1. The number of nitrogens with one attached hydrogen (secondary N) is 1. The van der Waals surface area contributed by atoms with E-state index in [1.807, 2.05) is 32.0 Å². The van der Waals surface area contributed by atoms with Gasteiger partial charge in [-0.3, -0.25) is 9.59 Å². The monoisotopic (exact) mass is 303 g/mol. The Balaban J connectivity index is 1.84. The number of hydrogen-bond donors (Lipinski definition) is 2. The molecular weight excluding hydrogens is 278 g/mol. The molecule has 0 heterocycles. The average Bonchev–Trinajstić information content (AvgIpc) is 2.99. The van der Waals surface area contributed by atoms with Crippen molar-refractivity contribution >= 4 is 11.7 Å². The first-order valence-corrected chi connectivity index (χ1v) is 8.06. The van der Waals surface area contributed by atoms with Crippen molar-refractivity contribution in [1.29, 1.82) is 0 Å². The third kappa shape index (κ3) is 4.17. The predicted octanol–water partition coefficient (Wildman–Crippen LogP) is 2.27. The second-order valence-electron chi connectivity index (χ2n) is 6.28. The molecule has 1 aliphatic rings. The van der Waals surface area contributed by atoms with Crippen LogP contribution in [0.2, 0.25) is 0 Å². The molecule has 22 heavy (non-hydrogen) atoms. The Kier molecular flexibility index (Phi) is 5.72. The summed E-state index contributed by atoms with van der Waals surface area (Å²) >= 11 is 0. The van der Waals surface area contributed by atoms with Gasteiger partial charge in [0.15, 0.2) is 5.78 Å². The van der Waals surface area contributed by atoms with E-state index in [0.717, 1.165) is 19.3 Å². The molecule has 4 nitrogen and oxygen atoms in total. The molecule has 0 radical (unpaired) electrons. The van der Waals surface area contributed by atoms with Gasteiger partial charge in [-0.1, -0.05) is 19.1 Å². The van der Waals surface area contributed by atoms with E-state index in [2.05, 4.69) is 5.32 Å². The largest absolute Gasteiger partial charge is 0.396 e. The Bertz CT molecular complexity index is 553. The molecule has 1 amide bonds. The van der Waals surface area contributed by atoms with Gasteiger partial charge in [-0.15, -0.1) is 0 Å². The van der Waals surface area contributed by atoms with E-state index in [4.69, 9.17) is 5.11 Å². The molecule has 0 saturated carbocycles. The van der Waals surface area contributed by atoms with Crippen molar-refractivity contribution in [2.24, 2.45) is 5.92 Å². The second kappa shape index (κ2) is 7.54. The fourth-order valence-electron chi connectivity index (χ4n) is 2.74. The smallest absolute Gasteiger partial charge is 0.220 e. The van der Waals surface area contributed by atoms with Gasteiger partial charge in [0.05, 0.1) is 0 Å². The molecule has 2 unspecified atom stereocenters. The van der Waals surface area contributed by atoms with Gasteiger partial charge in [0.25, 0.3) is 0 Å². The minimum atomic E-state index is -0.137. The Morgan fingerprint density at radius 3 is 2.64 bits per heavy atom. The third-order valence-electron chi connectivity index (χ3n) is 4.53. The molecule has 0 aliphatic heterocycles. The fourth-order valence-corrected chi connectivity index (χ4v) is 2.74. The molecule has 1 aromatic carbocycles. The van der Waals surface area contributed by atoms with E-state index in [1.54, 1.807) is 0 Å². The predicted molar refractivity (Wildman–Crippen MR) is 85.9 cm³/mol. The van der Waals surface area contributed by atoms with Crippen LogP contribution < -0.4 is 5.32 Å². The van der Waals surface area contributed by atoms with Crippen LogP contribution in [-0.4, -0.2) is 29.4 Å². The van der Waals surface area contributed by atoms with Crippen molar-refractivity contribution in [2.45, 2.75) is 52.0 Å². The van der Waals surface area contributed by atoms with Crippen LogP contribution in [0.25, 0.3) is 0 Å². The van der Waals surface area contributed by atoms with E-state index in [1.165, 1.54) is 11.1 Å². The summed E-state index contributed by atoms with van der Waals surface area (Å²) in [6.45, 7) is 3.78. The van der Waals surface area contributed by atoms with E-state index < -0.39 is 0 Å². The van der Waals surface area contributed by atoms with Crippen LogP contribution in [0, 0.1) is 5.92 Å². The zero-order valence-corrected chi connectivity index (χ0v) is 13.4. The van der Waals surface area contributed by atoms with Crippen molar-refractivity contribution in [3.05, 3.63) is 34.9 Å². The van der Waals surface area contributed by atoms with E-state index in [0.29, 0.717) is 5.56 Å². The lowest BCUT2D eigenvalue weighted by Crippen LogP contribution is -2.38. The average molecular weight is 303 g/mol. The highest BCUT2D eigenvalue weighted by Gasteiger charge is 2.17. The molecule has 120 valence electrons. The number of aliphatic hydroxyl groups excluding tert-OH is 1. The topological polar surface area (TPSA) is 66.4 Å². The van der Waals surface area contributed by atoms with Gasteiger partial charge in [-0.05, 0) is 49.3 Å². The van der Waals surface area contributed by atoms with Gasteiger partial charge in [0.2, 0.25) is 5.91 Å². The second-order valence-corrected chi connectivity index (χ2v) is 6.28. The SMILES string of the molecule is CC(CO)C(C)NC(=O)CCC(=O)c1ccc2c(c1)CCC2. The first-order valence-electron chi connectivity index (χ1n) is 8.06. The quantitative estimate of drug-likeness (QED) is 0.759. The number of carbonyl (C=O) groups is 2. The van der Waals surface area contributed by atoms with E-state index in [9.17, 15) is 9.59 Å². The number of hydrogen-bond acceptors (Lipinski definition) is 3. The number of carbonyl (C=O) groups excluding carboxylic acids is 2. The zero-order chi connectivity index (χ0) is 16.1. The van der Waals surface area contributed by atoms with E-state index in [-0.39, 0.29) is 43.1 Å². The maximum Gasteiger partial charge on any atom is 0.220 e. The summed E-state index contributed by atoms with van der Waals surface area (Å²) in [4.78, 5) is 24.1. The number of Topliss-reactive ketones (excluding diaryl/α,β-unsaturated/α-hetero) is 1. The van der Waals surface area contributed by atoms with Crippen LogP contribution in [0.1, 0.15) is 54.6 Å². The van der Waals surface area contributed by atoms with Crippen LogP contribution in [0.4, 0.5) is 0 Å². The van der Waals surface area contributed by atoms with E-state index >= 15 is 0 Å². The molecule has 0 fully saturated rings. The minimum Gasteiger partial charge on any atom is -0.396 e. The molecule has 1 aliphatic carbocycles. The van der Waals surface area contributed by atoms with Crippen LogP contribution >= 0.6 is 0 Å². The lowest BCUT2D eigenvalue weighted by atomic mass is 10.0. The molecular formula is C18H25NO3. The zero-order valence-electron chi connectivity index (χ0n) is 13.4. The molecule has 2 rings (SSSR count). The Morgan fingerprint density at radius 2 is 1.91 bits per heavy atom. The number of fused-ring (bicyclic) bond motifs is 1. The summed E-state index contributed by atoms with van der Waals surface area (Å²) in [5.74, 6) is -0.105. The first kappa shape index (κ1) is 16.7. The van der Waals surface area contributed by atoms with Crippen LogP contribution in [0.15, 0.2) is 18.2 Å². The lowest BCUT2D eigenvalue weighted by Gasteiger charge is -2.19. The highest BCUT2D eigenvalue weighted by Crippen LogP contribution is 2.23. The maximum absolute atomic E-state index is 12.2. The highest BCUT2D eigenvalue weighted by atomic mass is 16.3. The minimum absolute atomic E-state index is 0.0105. The summed E-state index contributed by atoms with van der Waals surface area (Å²) < 4.78 is 0. The van der Waals surface area contributed by atoms with Crippen molar-refractivity contribution in [1.82, 2.24) is 5.32 Å². The Labute approximate surface area is 131 Å². The van der Waals surface area contributed by atoms with Crippen LogP contribution in [0.3, 0.4) is 0 Å². The third-order valence-corrected chi connectivity index (χ3v) is 4.53. The summed E-state index contributed by atoms with van der Waals surface area (Å²) in [5.41, 5.74) is 3.34. The summed E-state index contributed by atoms with van der Waals surface area (Å²) in [7, 11) is 0. The number of benzene rings is 1. The number of ketones is 1. The first-order chi connectivity index (χ1) is 10.5. The molecule has 0 aromatic heterocycles. The number of aryl methyl sites for hydroxylation is 2. The molecule has 0 spiro atoms. The molecule has 0 saturated heterocycles. The molecule has 2 atom stereocenters. The molecule has 1 aromatic rings. The van der Waals surface area contributed by atoms with Gasteiger partial charge < -0.3 is 10.4 Å². The summed E-state index contributed by atoms with van der Waals surface area (Å²) in [5, 5.41) is 11.9. The molecule has 2 N–H and O–H groups in total. The van der Waals surface area contributed by atoms with Gasteiger partial charge in [-0.2, -0.15) is 0 Å². The van der Waals surface area contributed by atoms with Gasteiger partial charge in [-0.25, -0.2) is 0 Å². The van der Waals surface area contributed by atoms with Gasteiger partial charge in [0.1, 0.15) is 0 Å². The van der Waals surface area contributed by atoms with Crippen molar-refractivity contribution in [3.63, 3.8) is 0 Å². The van der Waals surface area contributed by atoms with Gasteiger partial charge >= 0.3 is 0 Å². The lowest BCUT2D eigenvalue weighted by molar-refractivity contribution is -0.122. The maximum atomic E-state index is 12.2. The summed E-state index contributed by atoms with van der Waals surface area (Å²) in [6, 6.07) is 5.81. The molecule has 4 heteroatoms. The van der Waals surface area contributed by atoms with Crippen molar-refractivity contribution < 1.29 is 14.7 Å². The normalized spacial score (nSPS) is 16.0. The Hall–Kier alpha value is -1.68. The number of rotatable bonds is 7. The number of aliphatic hydroxyl groups is 1. The highest BCUT2D eigenvalue weighted by molar-refractivity contribution is 5.98. The Morgan fingerprint density at radius 1 is 1.18 bits per heavy atom. The molecule has 0 bridgehead atoms. The fraction of sp³-hybridized carbons (Fsp3) is 0.556. The van der Waals surface area contributed by atoms with Crippen molar-refractivity contribution in [3.8, 4) is 0 Å². The van der Waals surface area contributed by atoms with Crippen LogP contribution in [-0.2, 0) is 17.6 Å². The van der Waals surface area contributed by atoms with Gasteiger partial charge in [0, 0.05) is 31.1 Å².